The number of ether oxygens (including phenoxy) is 1. The molecule has 31 heavy (non-hydrogen) atoms. The number of nitrogens with one attached hydrogen (secondary N) is 2. The smallest absolute Gasteiger partial charge is 0.319 e. The molecule has 2 amide bonds. The molecule has 2 heterocycles. The zero-order chi connectivity index (χ0) is 22.6. The maximum absolute atomic E-state index is 14.8. The molecule has 1 aliphatic rings. The summed E-state index contributed by atoms with van der Waals surface area (Å²) in [5.74, 6) is -0.548. The Morgan fingerprint density at radius 3 is 2.71 bits per heavy atom. The van der Waals surface area contributed by atoms with Gasteiger partial charge in [-0.15, -0.1) is 0 Å². The van der Waals surface area contributed by atoms with Gasteiger partial charge < -0.3 is 20.5 Å². The molecule has 2 unspecified atom stereocenters. The lowest BCUT2D eigenvalue weighted by Gasteiger charge is -2.40. The van der Waals surface area contributed by atoms with Gasteiger partial charge in [0, 0.05) is 48.4 Å². The Kier molecular flexibility index (Phi) is 7.35. The summed E-state index contributed by atoms with van der Waals surface area (Å²) in [6.07, 6.45) is 2.06. The number of carbonyl (C=O) groups is 1. The summed E-state index contributed by atoms with van der Waals surface area (Å²) < 4.78 is 19.9. The van der Waals surface area contributed by atoms with Gasteiger partial charge in [-0.3, -0.25) is 9.88 Å². The standard InChI is InChI=1S/C22H28ClFN4O3/c1-22(2,30)13-28-9-8-19(27-21(29)26-15-6-4-14(23)5-7-15)17(12-28)20-18(24)10-16(31-3)11-25-20/h4-7,10-11,17,19,30H,8-9,12-13H2,1-3H3,(H2,26,27,29). The second kappa shape index (κ2) is 9.80. The number of methoxy groups -OCH3 is 1. The average molecular weight is 451 g/mol. The van der Waals surface area contributed by atoms with E-state index in [9.17, 15) is 14.3 Å². The Bertz CT molecular complexity index is 905. The molecule has 168 valence electrons. The van der Waals surface area contributed by atoms with Crippen molar-refractivity contribution in [3.8, 4) is 5.75 Å². The van der Waals surface area contributed by atoms with Gasteiger partial charge in [0.1, 0.15) is 11.6 Å². The Hall–Kier alpha value is -2.42. The number of urea groups is 1. The highest BCUT2D eigenvalue weighted by Gasteiger charge is 2.35. The molecule has 9 heteroatoms. The molecule has 1 aromatic carbocycles. The molecular weight excluding hydrogens is 423 g/mol. The molecule has 0 aliphatic carbocycles. The zero-order valence-electron chi connectivity index (χ0n) is 17.9. The molecular formula is C22H28ClFN4O3. The van der Waals surface area contributed by atoms with Gasteiger partial charge in [0.15, 0.2) is 0 Å². The Morgan fingerprint density at radius 2 is 2.10 bits per heavy atom. The molecule has 0 spiro atoms. The van der Waals surface area contributed by atoms with Crippen molar-refractivity contribution in [2.45, 2.75) is 37.8 Å². The zero-order valence-corrected chi connectivity index (χ0v) is 18.6. The minimum Gasteiger partial charge on any atom is -0.495 e. The third-order valence-electron chi connectivity index (χ3n) is 5.16. The highest BCUT2D eigenvalue weighted by atomic mass is 35.5. The van der Waals surface area contributed by atoms with Crippen LogP contribution in [0.5, 0.6) is 5.75 Å². The van der Waals surface area contributed by atoms with Crippen LogP contribution in [-0.2, 0) is 0 Å². The van der Waals surface area contributed by atoms with E-state index < -0.39 is 17.3 Å². The van der Waals surface area contributed by atoms with Crippen LogP contribution >= 0.6 is 11.6 Å². The number of nitrogens with zero attached hydrogens (tertiary/aromatic N) is 2. The first-order chi connectivity index (χ1) is 14.6. The predicted molar refractivity (Wildman–Crippen MR) is 118 cm³/mol. The van der Waals surface area contributed by atoms with Crippen molar-refractivity contribution in [1.29, 1.82) is 0 Å². The van der Waals surface area contributed by atoms with Crippen molar-refractivity contribution in [3.05, 3.63) is 53.1 Å². The van der Waals surface area contributed by atoms with Crippen LogP contribution in [0, 0.1) is 5.82 Å². The van der Waals surface area contributed by atoms with Crippen LogP contribution in [0.2, 0.25) is 5.02 Å². The van der Waals surface area contributed by atoms with E-state index in [1.54, 1.807) is 38.1 Å². The second-order valence-electron chi connectivity index (χ2n) is 8.40. The average Bonchev–Trinajstić information content (AvgIpc) is 2.70. The van der Waals surface area contributed by atoms with Gasteiger partial charge in [-0.05, 0) is 44.5 Å². The first-order valence-electron chi connectivity index (χ1n) is 10.1. The Morgan fingerprint density at radius 1 is 1.39 bits per heavy atom. The number of aromatic nitrogens is 1. The summed E-state index contributed by atoms with van der Waals surface area (Å²) in [6.45, 7) is 5.01. The Balaban J connectivity index is 1.78. The van der Waals surface area contributed by atoms with Gasteiger partial charge in [-0.25, -0.2) is 9.18 Å². The number of piperidine rings is 1. The third-order valence-corrected chi connectivity index (χ3v) is 5.41. The van der Waals surface area contributed by atoms with E-state index >= 15 is 0 Å². The van der Waals surface area contributed by atoms with Gasteiger partial charge in [-0.1, -0.05) is 11.6 Å². The summed E-state index contributed by atoms with van der Waals surface area (Å²) >= 11 is 5.88. The first-order valence-corrected chi connectivity index (χ1v) is 10.5. The fraction of sp³-hybridized carbons (Fsp3) is 0.455. The van der Waals surface area contributed by atoms with E-state index in [0.717, 1.165) is 0 Å². The number of amides is 2. The van der Waals surface area contributed by atoms with Crippen LogP contribution < -0.4 is 15.4 Å². The molecule has 2 aromatic rings. The number of hydrogen-bond acceptors (Lipinski definition) is 5. The quantitative estimate of drug-likeness (QED) is 0.625. The van der Waals surface area contributed by atoms with Crippen LogP contribution in [0.15, 0.2) is 36.5 Å². The lowest BCUT2D eigenvalue weighted by atomic mass is 9.88. The van der Waals surface area contributed by atoms with E-state index in [-0.39, 0.29) is 17.8 Å². The Labute approximate surface area is 186 Å². The minimum atomic E-state index is -0.886. The van der Waals surface area contributed by atoms with Crippen LogP contribution in [0.25, 0.3) is 0 Å². The van der Waals surface area contributed by atoms with Crippen molar-refractivity contribution >= 4 is 23.3 Å². The number of hydrogen-bond donors (Lipinski definition) is 3. The summed E-state index contributed by atoms with van der Waals surface area (Å²) in [5, 5.41) is 16.5. The highest BCUT2D eigenvalue weighted by molar-refractivity contribution is 6.30. The number of benzene rings is 1. The second-order valence-corrected chi connectivity index (χ2v) is 8.83. The number of pyridine rings is 1. The van der Waals surface area contributed by atoms with Gasteiger partial charge in [0.25, 0.3) is 0 Å². The molecule has 2 atom stereocenters. The van der Waals surface area contributed by atoms with Crippen LogP contribution in [-0.4, -0.2) is 59.4 Å². The molecule has 1 fully saturated rings. The lowest BCUT2D eigenvalue weighted by Crippen LogP contribution is -2.53. The van der Waals surface area contributed by atoms with Crippen LogP contribution in [0.4, 0.5) is 14.9 Å². The predicted octanol–water partition coefficient (Wildman–Crippen LogP) is 3.63. The van der Waals surface area contributed by atoms with Gasteiger partial charge in [0.2, 0.25) is 0 Å². The number of likely N-dealkylation sites (tertiary alicyclic amines) is 1. The number of β-amino-alcohol motifs (C(OH)–C–C–N with tert-alkyl or cyclic N) is 1. The highest BCUT2D eigenvalue weighted by Crippen LogP contribution is 2.30. The van der Waals surface area contributed by atoms with E-state index in [1.807, 2.05) is 0 Å². The summed E-state index contributed by atoms with van der Waals surface area (Å²) in [5.41, 5.74) is -0.0208. The van der Waals surface area contributed by atoms with Gasteiger partial charge in [-0.2, -0.15) is 0 Å². The fourth-order valence-corrected chi connectivity index (χ4v) is 3.97. The van der Waals surface area contributed by atoms with Crippen molar-refractivity contribution in [1.82, 2.24) is 15.2 Å². The lowest BCUT2D eigenvalue weighted by molar-refractivity contribution is 0.0231. The fourth-order valence-electron chi connectivity index (χ4n) is 3.84. The van der Waals surface area contributed by atoms with E-state index in [4.69, 9.17) is 16.3 Å². The van der Waals surface area contributed by atoms with E-state index in [0.29, 0.717) is 42.5 Å². The summed E-state index contributed by atoms with van der Waals surface area (Å²) in [4.78, 5) is 18.9. The molecule has 1 saturated heterocycles. The number of rotatable bonds is 6. The summed E-state index contributed by atoms with van der Waals surface area (Å²) in [7, 11) is 1.45. The topological polar surface area (TPSA) is 86.7 Å². The molecule has 3 N–H and O–H groups in total. The molecule has 0 bridgehead atoms. The SMILES string of the molecule is COc1cnc(C2CN(CC(C)(C)O)CCC2NC(=O)Nc2ccc(Cl)cc2)c(F)c1. The van der Waals surface area contributed by atoms with Crippen molar-refractivity contribution in [2.24, 2.45) is 0 Å². The maximum Gasteiger partial charge on any atom is 0.319 e. The number of aliphatic hydroxyl groups is 1. The largest absolute Gasteiger partial charge is 0.495 e. The van der Waals surface area contributed by atoms with Gasteiger partial charge >= 0.3 is 6.03 Å². The molecule has 0 radical (unpaired) electrons. The first kappa shape index (κ1) is 23.2. The number of carbonyl (C=O) groups excluding carboxylic acids is 1. The molecule has 1 aliphatic heterocycles. The van der Waals surface area contributed by atoms with Crippen molar-refractivity contribution in [3.63, 3.8) is 0 Å². The molecule has 3 rings (SSSR count). The molecule has 1 aromatic heterocycles. The normalized spacial score (nSPS) is 19.7. The minimum absolute atomic E-state index is 0.262. The number of anilines is 1. The van der Waals surface area contributed by atoms with Gasteiger partial charge in [0.05, 0.1) is 24.6 Å². The maximum atomic E-state index is 14.8. The van der Waals surface area contributed by atoms with Crippen molar-refractivity contribution in [2.75, 3.05) is 32.1 Å². The van der Waals surface area contributed by atoms with E-state index in [1.165, 1.54) is 19.4 Å². The van der Waals surface area contributed by atoms with Crippen molar-refractivity contribution < 1.29 is 19.0 Å². The molecule has 7 nitrogen and oxygen atoms in total. The molecule has 0 saturated carbocycles. The van der Waals surface area contributed by atoms with Crippen LogP contribution in [0.1, 0.15) is 31.9 Å². The third kappa shape index (κ3) is 6.53. The number of halogens is 2. The summed E-state index contributed by atoms with van der Waals surface area (Å²) in [6, 6.07) is 7.36. The van der Waals surface area contributed by atoms with Crippen LogP contribution in [0.3, 0.4) is 0 Å². The monoisotopic (exact) mass is 450 g/mol. The van der Waals surface area contributed by atoms with E-state index in [2.05, 4.69) is 20.5 Å².